The Morgan fingerprint density at radius 2 is 2.40 bits per heavy atom. The van der Waals surface area contributed by atoms with E-state index in [2.05, 4.69) is 5.32 Å². The van der Waals surface area contributed by atoms with Crippen molar-refractivity contribution < 1.29 is 18.8 Å². The van der Waals surface area contributed by atoms with Gasteiger partial charge >= 0.3 is 5.69 Å². The first kappa shape index (κ1) is 14.5. The highest BCUT2D eigenvalue weighted by atomic mass is 19.1. The minimum absolute atomic E-state index is 0.0445. The van der Waals surface area contributed by atoms with Gasteiger partial charge in [-0.25, -0.2) is 4.39 Å². The molecule has 6 nitrogen and oxygen atoms in total. The molecule has 1 heterocycles. The third kappa shape index (κ3) is 3.36. The van der Waals surface area contributed by atoms with E-state index in [0.717, 1.165) is 32.1 Å². The first-order chi connectivity index (χ1) is 9.61. The molecular formula is C13H17FN2O4. The van der Waals surface area contributed by atoms with Gasteiger partial charge in [0, 0.05) is 25.8 Å². The molecule has 1 atom stereocenters. The van der Waals surface area contributed by atoms with Crippen molar-refractivity contribution >= 4 is 11.4 Å². The van der Waals surface area contributed by atoms with Crippen molar-refractivity contribution in [2.75, 3.05) is 32.2 Å². The second-order valence-electron chi connectivity index (χ2n) is 4.71. The lowest BCUT2D eigenvalue weighted by molar-refractivity contribution is -0.385. The molecule has 110 valence electrons. The number of rotatable bonds is 6. The Morgan fingerprint density at radius 1 is 1.60 bits per heavy atom. The fourth-order valence-electron chi connectivity index (χ4n) is 2.21. The first-order valence-electron chi connectivity index (χ1n) is 6.45. The van der Waals surface area contributed by atoms with Crippen LogP contribution in [0.25, 0.3) is 0 Å². The summed E-state index contributed by atoms with van der Waals surface area (Å²) in [5.41, 5.74) is -0.161. The van der Waals surface area contributed by atoms with Gasteiger partial charge in [0.2, 0.25) is 0 Å². The SMILES string of the molecule is COc1cc(NCCC2CCOC2)c(F)cc1[N+](=O)[O-]. The number of halogens is 1. The van der Waals surface area contributed by atoms with Crippen LogP contribution in [-0.4, -0.2) is 31.8 Å². The molecule has 1 aromatic carbocycles. The van der Waals surface area contributed by atoms with E-state index in [9.17, 15) is 14.5 Å². The average molecular weight is 284 g/mol. The van der Waals surface area contributed by atoms with Crippen LogP contribution in [0.3, 0.4) is 0 Å². The van der Waals surface area contributed by atoms with Gasteiger partial charge < -0.3 is 14.8 Å². The number of nitrogens with zero attached hydrogens (tertiary/aromatic N) is 1. The van der Waals surface area contributed by atoms with Gasteiger partial charge in [-0.1, -0.05) is 0 Å². The van der Waals surface area contributed by atoms with Gasteiger partial charge in [0.25, 0.3) is 0 Å². The van der Waals surface area contributed by atoms with Gasteiger partial charge in [-0.05, 0) is 18.8 Å². The molecule has 1 aliphatic rings. The molecular weight excluding hydrogens is 267 g/mol. The fraction of sp³-hybridized carbons (Fsp3) is 0.538. The summed E-state index contributed by atoms with van der Waals surface area (Å²) in [4.78, 5) is 10.1. The van der Waals surface area contributed by atoms with E-state index in [-0.39, 0.29) is 17.1 Å². The molecule has 1 unspecified atom stereocenters. The summed E-state index contributed by atoms with van der Waals surface area (Å²) in [6.45, 7) is 2.12. The minimum atomic E-state index is -0.665. The van der Waals surface area contributed by atoms with Crippen molar-refractivity contribution in [1.29, 1.82) is 0 Å². The lowest BCUT2D eigenvalue weighted by Crippen LogP contribution is -2.10. The molecule has 1 saturated heterocycles. The van der Waals surface area contributed by atoms with Crippen molar-refractivity contribution in [3.05, 3.63) is 28.1 Å². The highest BCUT2D eigenvalue weighted by Gasteiger charge is 2.20. The number of hydrogen-bond donors (Lipinski definition) is 1. The largest absolute Gasteiger partial charge is 0.490 e. The summed E-state index contributed by atoms with van der Waals surface area (Å²) >= 11 is 0. The summed E-state index contributed by atoms with van der Waals surface area (Å²) in [7, 11) is 1.32. The van der Waals surface area contributed by atoms with Crippen LogP contribution in [0.1, 0.15) is 12.8 Å². The summed E-state index contributed by atoms with van der Waals surface area (Å²) < 4.78 is 24.0. The highest BCUT2D eigenvalue weighted by molar-refractivity contribution is 5.59. The number of ether oxygens (including phenoxy) is 2. The van der Waals surface area contributed by atoms with Crippen LogP contribution in [0.4, 0.5) is 15.8 Å². The lowest BCUT2D eigenvalue weighted by atomic mass is 10.1. The van der Waals surface area contributed by atoms with Crippen LogP contribution in [0.5, 0.6) is 5.75 Å². The number of hydrogen-bond acceptors (Lipinski definition) is 5. The highest BCUT2D eigenvalue weighted by Crippen LogP contribution is 2.32. The lowest BCUT2D eigenvalue weighted by Gasteiger charge is -2.11. The monoisotopic (exact) mass is 284 g/mol. The molecule has 0 radical (unpaired) electrons. The van der Waals surface area contributed by atoms with E-state index in [1.807, 2.05) is 0 Å². The predicted octanol–water partition coefficient (Wildman–Crippen LogP) is 2.58. The van der Waals surface area contributed by atoms with E-state index < -0.39 is 10.7 Å². The number of methoxy groups -OCH3 is 1. The number of benzene rings is 1. The second-order valence-corrected chi connectivity index (χ2v) is 4.71. The van der Waals surface area contributed by atoms with Crippen LogP contribution in [0.2, 0.25) is 0 Å². The number of nitro benzene ring substituents is 1. The third-order valence-electron chi connectivity index (χ3n) is 3.36. The molecule has 0 amide bonds. The molecule has 2 rings (SSSR count). The average Bonchev–Trinajstić information content (AvgIpc) is 2.93. The van der Waals surface area contributed by atoms with E-state index >= 15 is 0 Å². The van der Waals surface area contributed by atoms with Gasteiger partial charge in [-0.3, -0.25) is 10.1 Å². The molecule has 1 N–H and O–H groups in total. The van der Waals surface area contributed by atoms with Crippen LogP contribution in [-0.2, 0) is 4.74 Å². The third-order valence-corrected chi connectivity index (χ3v) is 3.36. The predicted molar refractivity (Wildman–Crippen MR) is 71.6 cm³/mol. The van der Waals surface area contributed by atoms with Gasteiger partial charge in [0.1, 0.15) is 0 Å². The Labute approximate surface area is 116 Å². The number of anilines is 1. The smallest absolute Gasteiger partial charge is 0.313 e. The molecule has 7 heteroatoms. The molecule has 1 aromatic rings. The van der Waals surface area contributed by atoms with Crippen LogP contribution in [0.15, 0.2) is 12.1 Å². The van der Waals surface area contributed by atoms with Gasteiger partial charge in [0.05, 0.1) is 23.8 Å². The van der Waals surface area contributed by atoms with Crippen molar-refractivity contribution in [2.45, 2.75) is 12.8 Å². The van der Waals surface area contributed by atoms with Crippen LogP contribution < -0.4 is 10.1 Å². The van der Waals surface area contributed by atoms with Crippen molar-refractivity contribution in [2.24, 2.45) is 5.92 Å². The molecule has 1 fully saturated rings. The normalized spacial score (nSPS) is 18.0. The quantitative estimate of drug-likeness (QED) is 0.642. The van der Waals surface area contributed by atoms with E-state index in [0.29, 0.717) is 12.5 Å². The molecule has 1 aliphatic heterocycles. The molecule has 0 spiro atoms. The maximum absolute atomic E-state index is 13.8. The zero-order valence-corrected chi connectivity index (χ0v) is 11.2. The van der Waals surface area contributed by atoms with Crippen LogP contribution >= 0.6 is 0 Å². The second kappa shape index (κ2) is 6.51. The van der Waals surface area contributed by atoms with Crippen molar-refractivity contribution in [1.82, 2.24) is 0 Å². The van der Waals surface area contributed by atoms with E-state index in [1.54, 1.807) is 0 Å². The Balaban J connectivity index is 2.01. The molecule has 0 aliphatic carbocycles. The van der Waals surface area contributed by atoms with Gasteiger partial charge in [-0.2, -0.15) is 0 Å². The maximum atomic E-state index is 13.8. The summed E-state index contributed by atoms with van der Waals surface area (Å²) in [5.74, 6) is -0.117. The Hall–Kier alpha value is -1.89. The molecule has 0 aromatic heterocycles. The minimum Gasteiger partial charge on any atom is -0.490 e. The Morgan fingerprint density at radius 3 is 3.00 bits per heavy atom. The zero-order valence-electron chi connectivity index (χ0n) is 11.2. The summed E-state index contributed by atoms with van der Waals surface area (Å²) in [5, 5.41) is 13.7. The topological polar surface area (TPSA) is 73.6 Å². The van der Waals surface area contributed by atoms with Crippen molar-refractivity contribution in [3.8, 4) is 5.75 Å². The molecule has 0 saturated carbocycles. The summed E-state index contributed by atoms with van der Waals surface area (Å²) in [6, 6.07) is 2.19. The van der Waals surface area contributed by atoms with Gasteiger partial charge in [-0.15, -0.1) is 0 Å². The maximum Gasteiger partial charge on any atom is 0.313 e. The standard InChI is InChI=1S/C13H17FN2O4/c1-19-13-7-11(10(14)6-12(13)16(17)18)15-4-2-9-3-5-20-8-9/h6-7,9,15H,2-5,8H2,1H3. The van der Waals surface area contributed by atoms with Crippen molar-refractivity contribution in [3.63, 3.8) is 0 Å². The van der Waals surface area contributed by atoms with E-state index in [4.69, 9.17) is 9.47 Å². The number of nitrogens with one attached hydrogen (secondary N) is 1. The summed E-state index contributed by atoms with van der Waals surface area (Å²) in [6.07, 6.45) is 1.90. The zero-order chi connectivity index (χ0) is 14.5. The number of nitro groups is 1. The molecule has 20 heavy (non-hydrogen) atoms. The van der Waals surface area contributed by atoms with Gasteiger partial charge in [0.15, 0.2) is 11.6 Å². The fourth-order valence-corrected chi connectivity index (χ4v) is 2.21. The van der Waals surface area contributed by atoms with E-state index in [1.165, 1.54) is 13.2 Å². The first-order valence-corrected chi connectivity index (χ1v) is 6.45. The van der Waals surface area contributed by atoms with Crippen LogP contribution in [0, 0.1) is 21.8 Å². The Kier molecular flexibility index (Phi) is 4.73. The molecule has 0 bridgehead atoms. The Bertz CT molecular complexity index is 490.